The number of ether oxygens (including phenoxy) is 1. The Balaban J connectivity index is 2.70. The zero-order valence-corrected chi connectivity index (χ0v) is 9.40. The number of terminal acetylenes is 1. The van der Waals surface area contributed by atoms with E-state index in [0.29, 0.717) is 5.75 Å². The molecule has 0 aliphatic carbocycles. The third kappa shape index (κ3) is 3.64. The predicted molar refractivity (Wildman–Crippen MR) is 59.6 cm³/mol. The van der Waals surface area contributed by atoms with Crippen molar-refractivity contribution in [3.63, 3.8) is 0 Å². The van der Waals surface area contributed by atoms with E-state index in [1.807, 2.05) is 0 Å². The Kier molecular flexibility index (Phi) is 4.19. The predicted octanol–water partition coefficient (Wildman–Crippen LogP) is 2.30. The van der Waals surface area contributed by atoms with Crippen LogP contribution >= 0.6 is 15.9 Å². The fourth-order valence-corrected chi connectivity index (χ4v) is 1.23. The van der Waals surface area contributed by atoms with Crippen LogP contribution in [-0.4, -0.2) is 17.2 Å². The van der Waals surface area contributed by atoms with Crippen LogP contribution in [-0.2, 0) is 4.79 Å². The van der Waals surface area contributed by atoms with Crippen molar-refractivity contribution in [3.8, 4) is 18.1 Å². The van der Waals surface area contributed by atoms with E-state index < -0.39 is 12.1 Å². The summed E-state index contributed by atoms with van der Waals surface area (Å²) in [6.07, 6.45) is 4.10. The molecule has 0 aromatic heterocycles. The molecule has 1 unspecified atom stereocenters. The molecule has 0 aliphatic heterocycles. The lowest BCUT2D eigenvalue weighted by Crippen LogP contribution is -2.26. The van der Waals surface area contributed by atoms with Crippen molar-refractivity contribution in [2.75, 3.05) is 0 Å². The lowest BCUT2D eigenvalue weighted by Gasteiger charge is -2.12. The van der Waals surface area contributed by atoms with Gasteiger partial charge in [-0.15, -0.1) is 12.3 Å². The number of hydrogen-bond donors (Lipinski definition) is 1. The third-order valence-corrected chi connectivity index (χ3v) is 2.20. The van der Waals surface area contributed by atoms with E-state index in [-0.39, 0.29) is 6.42 Å². The van der Waals surface area contributed by atoms with Gasteiger partial charge in [0.2, 0.25) is 6.10 Å². The number of benzene rings is 1. The van der Waals surface area contributed by atoms with Crippen LogP contribution in [0.4, 0.5) is 0 Å². The van der Waals surface area contributed by atoms with E-state index >= 15 is 0 Å². The number of aliphatic carboxylic acids is 1. The number of carbonyl (C=O) groups is 1. The lowest BCUT2D eigenvalue weighted by molar-refractivity contribution is -0.144. The summed E-state index contributed by atoms with van der Waals surface area (Å²) in [7, 11) is 0. The van der Waals surface area contributed by atoms with E-state index in [9.17, 15) is 4.79 Å². The van der Waals surface area contributed by atoms with Crippen LogP contribution < -0.4 is 4.74 Å². The van der Waals surface area contributed by atoms with Crippen LogP contribution in [0.25, 0.3) is 0 Å². The van der Waals surface area contributed by atoms with Gasteiger partial charge in [-0.25, -0.2) is 4.79 Å². The van der Waals surface area contributed by atoms with Crippen LogP contribution in [0.5, 0.6) is 5.75 Å². The molecular weight excluding hydrogens is 260 g/mol. The summed E-state index contributed by atoms with van der Waals surface area (Å²) in [5.74, 6) is 1.69. The van der Waals surface area contributed by atoms with Gasteiger partial charge in [-0.2, -0.15) is 0 Å². The van der Waals surface area contributed by atoms with Crippen molar-refractivity contribution in [3.05, 3.63) is 28.7 Å². The molecule has 0 aliphatic rings. The van der Waals surface area contributed by atoms with Gasteiger partial charge in [-0.05, 0) is 24.3 Å². The van der Waals surface area contributed by atoms with Crippen molar-refractivity contribution in [1.82, 2.24) is 0 Å². The van der Waals surface area contributed by atoms with Crippen LogP contribution in [0.3, 0.4) is 0 Å². The molecule has 1 atom stereocenters. The highest BCUT2D eigenvalue weighted by Crippen LogP contribution is 2.17. The number of hydrogen-bond acceptors (Lipinski definition) is 2. The molecule has 0 saturated heterocycles. The van der Waals surface area contributed by atoms with Crippen molar-refractivity contribution in [2.45, 2.75) is 12.5 Å². The normalized spacial score (nSPS) is 11.5. The summed E-state index contributed by atoms with van der Waals surface area (Å²) in [5, 5.41) is 8.79. The van der Waals surface area contributed by atoms with Crippen molar-refractivity contribution < 1.29 is 14.6 Å². The summed E-state index contributed by atoms with van der Waals surface area (Å²) in [4.78, 5) is 10.7. The number of rotatable bonds is 4. The Labute approximate surface area is 96.2 Å². The maximum Gasteiger partial charge on any atom is 0.345 e. The summed E-state index contributed by atoms with van der Waals surface area (Å²) >= 11 is 3.27. The maximum absolute atomic E-state index is 10.7. The minimum absolute atomic E-state index is 0.0470. The first-order valence-corrected chi connectivity index (χ1v) is 5.01. The van der Waals surface area contributed by atoms with Gasteiger partial charge in [0.05, 0.1) is 6.42 Å². The first-order valence-electron chi connectivity index (χ1n) is 4.22. The quantitative estimate of drug-likeness (QED) is 0.853. The second kappa shape index (κ2) is 5.42. The van der Waals surface area contributed by atoms with Gasteiger partial charge < -0.3 is 9.84 Å². The summed E-state index contributed by atoms with van der Waals surface area (Å²) < 4.78 is 6.11. The minimum atomic E-state index is -1.06. The number of halogens is 1. The molecule has 1 aromatic carbocycles. The van der Waals surface area contributed by atoms with Gasteiger partial charge in [0, 0.05) is 4.47 Å². The van der Waals surface area contributed by atoms with Gasteiger partial charge in [0.15, 0.2) is 0 Å². The first-order chi connectivity index (χ1) is 7.13. The SMILES string of the molecule is C#CCC(Oc1ccc(Br)cc1)C(=O)O. The van der Waals surface area contributed by atoms with Crippen LogP contribution in [0, 0.1) is 12.3 Å². The molecule has 1 rings (SSSR count). The van der Waals surface area contributed by atoms with Crippen LogP contribution in [0.2, 0.25) is 0 Å². The maximum atomic E-state index is 10.7. The van der Waals surface area contributed by atoms with Gasteiger partial charge in [-0.1, -0.05) is 15.9 Å². The standard InChI is InChI=1S/C11H9BrO3/c1-2-3-10(11(13)14)15-9-6-4-8(12)5-7-9/h1,4-7,10H,3H2,(H,13,14). The second-order valence-electron chi connectivity index (χ2n) is 2.81. The fourth-order valence-electron chi connectivity index (χ4n) is 0.964. The average Bonchev–Trinajstić information content (AvgIpc) is 2.20. The Morgan fingerprint density at radius 1 is 1.53 bits per heavy atom. The van der Waals surface area contributed by atoms with Crippen molar-refractivity contribution in [2.24, 2.45) is 0 Å². The molecule has 15 heavy (non-hydrogen) atoms. The highest BCUT2D eigenvalue weighted by atomic mass is 79.9. The van der Waals surface area contributed by atoms with E-state index in [1.54, 1.807) is 24.3 Å². The van der Waals surface area contributed by atoms with E-state index in [0.717, 1.165) is 4.47 Å². The summed E-state index contributed by atoms with van der Waals surface area (Å²) in [6.45, 7) is 0. The van der Waals surface area contributed by atoms with Crippen molar-refractivity contribution in [1.29, 1.82) is 0 Å². The monoisotopic (exact) mass is 268 g/mol. The minimum Gasteiger partial charge on any atom is -0.478 e. The number of carboxylic acid groups (broad SMARTS) is 1. The van der Waals surface area contributed by atoms with Gasteiger partial charge in [0.25, 0.3) is 0 Å². The number of carboxylic acids is 1. The lowest BCUT2D eigenvalue weighted by atomic mass is 10.2. The molecule has 1 N–H and O–H groups in total. The molecule has 0 heterocycles. The molecule has 0 spiro atoms. The summed E-state index contributed by atoms with van der Waals surface area (Å²) in [5.41, 5.74) is 0. The highest BCUT2D eigenvalue weighted by Gasteiger charge is 2.17. The molecule has 0 radical (unpaired) electrons. The Morgan fingerprint density at radius 2 is 2.13 bits per heavy atom. The molecule has 0 amide bonds. The molecule has 1 aromatic rings. The second-order valence-corrected chi connectivity index (χ2v) is 3.72. The molecule has 0 saturated carbocycles. The Morgan fingerprint density at radius 3 is 2.60 bits per heavy atom. The molecular formula is C11H9BrO3. The zero-order valence-electron chi connectivity index (χ0n) is 7.81. The average molecular weight is 269 g/mol. The van der Waals surface area contributed by atoms with E-state index in [2.05, 4.69) is 21.9 Å². The molecule has 3 nitrogen and oxygen atoms in total. The van der Waals surface area contributed by atoms with Crippen molar-refractivity contribution >= 4 is 21.9 Å². The summed E-state index contributed by atoms with van der Waals surface area (Å²) in [6, 6.07) is 6.89. The first kappa shape index (κ1) is 11.6. The highest BCUT2D eigenvalue weighted by molar-refractivity contribution is 9.10. The Bertz CT molecular complexity index is 378. The largest absolute Gasteiger partial charge is 0.478 e. The Hall–Kier alpha value is -1.47. The smallest absolute Gasteiger partial charge is 0.345 e. The van der Waals surface area contributed by atoms with E-state index in [4.69, 9.17) is 16.3 Å². The molecule has 78 valence electrons. The van der Waals surface area contributed by atoms with Gasteiger partial charge >= 0.3 is 5.97 Å². The topological polar surface area (TPSA) is 46.5 Å². The molecule has 0 fully saturated rings. The fraction of sp³-hybridized carbons (Fsp3) is 0.182. The molecule has 0 bridgehead atoms. The van der Waals surface area contributed by atoms with Crippen LogP contribution in [0.1, 0.15) is 6.42 Å². The van der Waals surface area contributed by atoms with Crippen LogP contribution in [0.15, 0.2) is 28.7 Å². The third-order valence-electron chi connectivity index (χ3n) is 1.67. The molecule has 4 heteroatoms. The van der Waals surface area contributed by atoms with E-state index in [1.165, 1.54) is 0 Å². The van der Waals surface area contributed by atoms with Gasteiger partial charge in [-0.3, -0.25) is 0 Å². The van der Waals surface area contributed by atoms with Gasteiger partial charge in [0.1, 0.15) is 5.75 Å². The zero-order chi connectivity index (χ0) is 11.3.